The second-order valence-corrected chi connectivity index (χ2v) is 5.33. The monoisotopic (exact) mass is 272 g/mol. The van der Waals surface area contributed by atoms with Crippen LogP contribution in [0.15, 0.2) is 34.6 Å². The molecule has 0 saturated carbocycles. The van der Waals surface area contributed by atoms with Crippen LogP contribution in [0.1, 0.15) is 21.7 Å². The van der Waals surface area contributed by atoms with Crippen molar-refractivity contribution in [3.63, 3.8) is 0 Å². The Balaban J connectivity index is 2.40. The van der Waals surface area contributed by atoms with Gasteiger partial charge in [0.25, 0.3) is 0 Å². The van der Waals surface area contributed by atoms with E-state index >= 15 is 0 Å². The van der Waals surface area contributed by atoms with Crippen LogP contribution in [-0.2, 0) is 4.79 Å². The van der Waals surface area contributed by atoms with Crippen LogP contribution in [0.2, 0.25) is 0 Å². The van der Waals surface area contributed by atoms with Crippen molar-refractivity contribution in [2.45, 2.75) is 6.42 Å². The number of aliphatic carboxylic acids is 1. The number of hydrogen-bond donors (Lipinski definition) is 1. The lowest BCUT2D eigenvalue weighted by Crippen LogP contribution is -2.21. The summed E-state index contributed by atoms with van der Waals surface area (Å²) >= 11 is 1.27. The Kier molecular flexibility index (Phi) is 2.57. The van der Waals surface area contributed by atoms with Crippen LogP contribution in [0.3, 0.4) is 0 Å². The van der Waals surface area contributed by atoms with Crippen molar-refractivity contribution in [1.82, 2.24) is 0 Å². The summed E-state index contributed by atoms with van der Waals surface area (Å²) in [6.07, 6.45) is 1.21. The fraction of sp³-hybridized carbons (Fsp3) is 0.0714. The van der Waals surface area contributed by atoms with E-state index in [1.54, 1.807) is 24.3 Å². The quantitative estimate of drug-likeness (QED) is 0.864. The van der Waals surface area contributed by atoms with E-state index in [1.165, 1.54) is 17.4 Å². The van der Waals surface area contributed by atoms with Gasteiger partial charge in [0.15, 0.2) is 11.2 Å². The minimum Gasteiger partial charge on any atom is -0.478 e. The number of benzene rings is 1. The third kappa shape index (κ3) is 1.79. The number of carboxylic acids is 1. The number of carbonyl (C=O) groups excluding carboxylic acids is 1. The van der Waals surface area contributed by atoms with E-state index in [2.05, 4.69) is 0 Å². The first-order chi connectivity index (χ1) is 9.08. The second-order valence-electron chi connectivity index (χ2n) is 4.24. The molecule has 0 saturated heterocycles. The topological polar surface area (TPSA) is 71.4 Å². The zero-order chi connectivity index (χ0) is 13.6. The fourth-order valence-electron chi connectivity index (χ4n) is 2.13. The molecule has 19 heavy (non-hydrogen) atoms. The molecule has 1 aliphatic rings. The van der Waals surface area contributed by atoms with Crippen LogP contribution in [0.25, 0.3) is 16.2 Å². The highest BCUT2D eigenvalue weighted by molar-refractivity contribution is 7.19. The predicted molar refractivity (Wildman–Crippen MR) is 72.7 cm³/mol. The average molecular weight is 272 g/mol. The molecule has 1 aliphatic carbocycles. The number of carbonyl (C=O) groups is 2. The van der Waals surface area contributed by atoms with Crippen molar-refractivity contribution in [1.29, 1.82) is 0 Å². The second kappa shape index (κ2) is 4.13. The van der Waals surface area contributed by atoms with Gasteiger partial charge < -0.3 is 5.11 Å². The highest BCUT2D eigenvalue weighted by atomic mass is 32.1. The van der Waals surface area contributed by atoms with Crippen LogP contribution < -0.4 is 5.43 Å². The molecule has 5 heteroatoms. The van der Waals surface area contributed by atoms with Gasteiger partial charge in [-0.1, -0.05) is 12.1 Å². The first-order valence-corrected chi connectivity index (χ1v) is 6.42. The maximum absolute atomic E-state index is 12.3. The van der Waals surface area contributed by atoms with E-state index in [0.29, 0.717) is 10.3 Å². The number of ketones is 1. The summed E-state index contributed by atoms with van der Waals surface area (Å²) < 4.78 is 0.752. The third-order valence-corrected chi connectivity index (χ3v) is 4.15. The average Bonchev–Trinajstić information content (AvgIpc) is 2.38. The van der Waals surface area contributed by atoms with Crippen molar-refractivity contribution < 1.29 is 14.7 Å². The van der Waals surface area contributed by atoms with Crippen LogP contribution in [0, 0.1) is 0 Å². The van der Waals surface area contributed by atoms with Crippen molar-refractivity contribution >= 4 is 39.3 Å². The number of hydrogen-bond acceptors (Lipinski definition) is 4. The number of Topliss-reactive ketones (excluding diaryl/α,β-unsaturated/α-hetero) is 1. The number of rotatable bonds is 1. The Hall–Kier alpha value is -2.27. The predicted octanol–water partition coefficient (Wildman–Crippen LogP) is 2.32. The van der Waals surface area contributed by atoms with E-state index in [-0.39, 0.29) is 23.0 Å². The van der Waals surface area contributed by atoms with E-state index in [1.807, 2.05) is 0 Å². The summed E-state index contributed by atoms with van der Waals surface area (Å²) in [5, 5.41) is 9.48. The van der Waals surface area contributed by atoms with Crippen molar-refractivity contribution in [3.8, 4) is 0 Å². The molecule has 1 aromatic heterocycles. The van der Waals surface area contributed by atoms with Crippen molar-refractivity contribution in [2.24, 2.45) is 0 Å². The van der Waals surface area contributed by atoms with Gasteiger partial charge in [-0.3, -0.25) is 9.59 Å². The lowest BCUT2D eigenvalue weighted by molar-refractivity contribution is -0.132. The fourth-order valence-corrected chi connectivity index (χ4v) is 3.30. The van der Waals surface area contributed by atoms with Gasteiger partial charge >= 0.3 is 5.97 Å². The molecule has 0 unspecified atom stereocenters. The molecule has 0 atom stereocenters. The summed E-state index contributed by atoms with van der Waals surface area (Å²) in [6, 6.07) is 7.01. The lowest BCUT2D eigenvalue weighted by atomic mass is 9.95. The van der Waals surface area contributed by atoms with Gasteiger partial charge in [0.05, 0.1) is 5.56 Å². The van der Waals surface area contributed by atoms with Crippen LogP contribution in [0.5, 0.6) is 0 Å². The maximum atomic E-state index is 12.3. The molecule has 0 fully saturated rings. The van der Waals surface area contributed by atoms with Gasteiger partial charge in [0.1, 0.15) is 0 Å². The SMILES string of the molecule is O=C(O)C1=Cc2sc3ccccc3c(=O)c2C(=O)C1. The molecule has 4 nitrogen and oxygen atoms in total. The molecule has 1 aromatic carbocycles. The molecule has 2 aromatic rings. The van der Waals surface area contributed by atoms with Gasteiger partial charge in [-0.2, -0.15) is 0 Å². The summed E-state index contributed by atoms with van der Waals surface area (Å²) in [7, 11) is 0. The summed E-state index contributed by atoms with van der Waals surface area (Å²) in [5.74, 6) is -1.53. The van der Waals surface area contributed by atoms with Gasteiger partial charge in [0, 0.05) is 27.0 Å². The van der Waals surface area contributed by atoms with E-state index < -0.39 is 11.8 Å². The summed E-state index contributed by atoms with van der Waals surface area (Å²) in [6.45, 7) is 0. The first kappa shape index (κ1) is 11.8. The first-order valence-electron chi connectivity index (χ1n) is 5.61. The molecule has 0 radical (unpaired) electrons. The van der Waals surface area contributed by atoms with Crippen molar-refractivity contribution in [3.05, 3.63) is 50.5 Å². The van der Waals surface area contributed by atoms with Gasteiger partial charge in [-0.25, -0.2) is 4.79 Å². The standard InChI is InChI=1S/C14H8O4S/c15-9-5-7(14(17)18)6-11-12(9)13(16)8-3-1-2-4-10(8)19-11/h1-4,6H,5H2,(H,17,18). The normalized spacial score (nSPS) is 14.1. The van der Waals surface area contributed by atoms with Gasteiger partial charge in [-0.05, 0) is 18.2 Å². The summed E-state index contributed by atoms with van der Waals surface area (Å²) in [5.41, 5.74) is -0.160. The lowest BCUT2D eigenvalue weighted by Gasteiger charge is -2.12. The number of fused-ring (bicyclic) bond motifs is 2. The van der Waals surface area contributed by atoms with Crippen molar-refractivity contribution in [2.75, 3.05) is 0 Å². The molecule has 0 spiro atoms. The molecular weight excluding hydrogens is 264 g/mol. The van der Waals surface area contributed by atoms with Crippen LogP contribution in [-0.4, -0.2) is 16.9 Å². The highest BCUT2D eigenvalue weighted by Crippen LogP contribution is 2.29. The van der Waals surface area contributed by atoms with Crippen LogP contribution in [0.4, 0.5) is 0 Å². The molecule has 1 N–H and O–H groups in total. The Bertz CT molecular complexity index is 814. The largest absolute Gasteiger partial charge is 0.478 e. The molecule has 3 rings (SSSR count). The minimum atomic E-state index is -1.12. The minimum absolute atomic E-state index is 0.0310. The van der Waals surface area contributed by atoms with Crippen LogP contribution >= 0.6 is 11.3 Å². The van der Waals surface area contributed by atoms with Gasteiger partial charge in [0.2, 0.25) is 0 Å². The maximum Gasteiger partial charge on any atom is 0.332 e. The third-order valence-electron chi connectivity index (χ3n) is 3.03. The molecule has 94 valence electrons. The molecular formula is C14H8O4S. The zero-order valence-corrected chi connectivity index (χ0v) is 10.5. The smallest absolute Gasteiger partial charge is 0.332 e. The zero-order valence-electron chi connectivity index (χ0n) is 9.67. The molecule has 0 aliphatic heterocycles. The van der Waals surface area contributed by atoms with E-state index in [4.69, 9.17) is 5.11 Å². The Morgan fingerprint density at radius 3 is 2.68 bits per heavy atom. The Morgan fingerprint density at radius 2 is 1.95 bits per heavy atom. The van der Waals surface area contributed by atoms with E-state index in [0.717, 1.165) is 4.70 Å². The molecule has 0 bridgehead atoms. The highest BCUT2D eigenvalue weighted by Gasteiger charge is 2.26. The van der Waals surface area contributed by atoms with E-state index in [9.17, 15) is 14.4 Å². The molecule has 1 heterocycles. The number of carboxylic acid groups (broad SMARTS) is 1. The van der Waals surface area contributed by atoms with Gasteiger partial charge in [-0.15, -0.1) is 11.3 Å². The Labute approximate surface area is 111 Å². The molecule has 0 amide bonds. The Morgan fingerprint density at radius 1 is 1.21 bits per heavy atom. The summed E-state index contributed by atoms with van der Waals surface area (Å²) in [4.78, 5) is 35.6.